The molecule has 0 amide bonds. The highest BCUT2D eigenvalue weighted by atomic mass is 16.4. The van der Waals surface area contributed by atoms with Gasteiger partial charge in [-0.15, -0.1) is 0 Å². The van der Waals surface area contributed by atoms with Crippen LogP contribution in [-0.2, 0) is 9.59 Å². The maximum Gasteiger partial charge on any atom is 0.340 e. The SMILES string of the molecule is O=C(O)C(O)C(=O)C1CCCN1. The van der Waals surface area contributed by atoms with Crippen LogP contribution in [0.3, 0.4) is 0 Å². The molecule has 5 nitrogen and oxygen atoms in total. The van der Waals surface area contributed by atoms with Gasteiger partial charge < -0.3 is 15.5 Å². The number of carboxylic acids is 1. The molecule has 1 saturated heterocycles. The topological polar surface area (TPSA) is 86.6 Å². The number of Topliss-reactive ketones (excluding diaryl/α,β-unsaturated/α-hetero) is 1. The van der Waals surface area contributed by atoms with Crippen molar-refractivity contribution >= 4 is 11.8 Å². The normalized spacial score (nSPS) is 25.2. The summed E-state index contributed by atoms with van der Waals surface area (Å²) in [4.78, 5) is 21.3. The lowest BCUT2D eigenvalue weighted by Gasteiger charge is -2.10. The molecule has 0 spiro atoms. The Balaban J connectivity index is 2.51. The summed E-state index contributed by atoms with van der Waals surface area (Å²) >= 11 is 0. The molecular formula is C7H11NO4. The quantitative estimate of drug-likeness (QED) is 0.464. The van der Waals surface area contributed by atoms with E-state index in [-0.39, 0.29) is 0 Å². The summed E-state index contributed by atoms with van der Waals surface area (Å²) in [5.41, 5.74) is 0. The zero-order valence-electron chi connectivity index (χ0n) is 6.49. The number of hydrogen-bond donors (Lipinski definition) is 3. The molecule has 2 atom stereocenters. The second-order valence-corrected chi connectivity index (χ2v) is 2.79. The summed E-state index contributed by atoms with van der Waals surface area (Å²) in [6.45, 7) is 0.711. The predicted octanol–water partition coefficient (Wildman–Crippen LogP) is -1.25. The molecule has 0 aromatic rings. The van der Waals surface area contributed by atoms with Gasteiger partial charge in [-0.25, -0.2) is 4.79 Å². The van der Waals surface area contributed by atoms with Gasteiger partial charge >= 0.3 is 5.97 Å². The first kappa shape index (κ1) is 9.15. The maximum absolute atomic E-state index is 11.1. The van der Waals surface area contributed by atoms with Gasteiger partial charge in [0.1, 0.15) is 0 Å². The third-order valence-corrected chi connectivity index (χ3v) is 1.91. The highest BCUT2D eigenvalue weighted by Gasteiger charge is 2.31. The number of carboxylic acid groups (broad SMARTS) is 1. The van der Waals surface area contributed by atoms with E-state index in [1.807, 2.05) is 0 Å². The highest BCUT2D eigenvalue weighted by molar-refractivity contribution is 6.03. The fourth-order valence-corrected chi connectivity index (χ4v) is 1.24. The summed E-state index contributed by atoms with van der Waals surface area (Å²) in [6, 6.07) is -0.476. The van der Waals surface area contributed by atoms with Crippen molar-refractivity contribution in [2.75, 3.05) is 6.54 Å². The fraction of sp³-hybridized carbons (Fsp3) is 0.714. The van der Waals surface area contributed by atoms with Gasteiger partial charge in [-0.3, -0.25) is 4.79 Å². The van der Waals surface area contributed by atoms with Crippen molar-refractivity contribution in [3.8, 4) is 0 Å². The molecule has 1 heterocycles. The number of aliphatic hydroxyl groups is 1. The minimum atomic E-state index is -1.87. The molecule has 1 fully saturated rings. The third-order valence-electron chi connectivity index (χ3n) is 1.91. The van der Waals surface area contributed by atoms with Crippen LogP contribution < -0.4 is 5.32 Å². The van der Waals surface area contributed by atoms with Gasteiger partial charge in [0.2, 0.25) is 6.10 Å². The van der Waals surface area contributed by atoms with Gasteiger partial charge in [-0.2, -0.15) is 0 Å². The highest BCUT2D eigenvalue weighted by Crippen LogP contribution is 2.07. The summed E-state index contributed by atoms with van der Waals surface area (Å²) in [7, 11) is 0. The summed E-state index contributed by atoms with van der Waals surface area (Å²) < 4.78 is 0. The smallest absolute Gasteiger partial charge is 0.340 e. The number of ketones is 1. The first-order valence-electron chi connectivity index (χ1n) is 3.81. The van der Waals surface area contributed by atoms with E-state index in [1.54, 1.807) is 0 Å². The lowest BCUT2D eigenvalue weighted by molar-refractivity contribution is -0.152. The van der Waals surface area contributed by atoms with Crippen molar-refractivity contribution in [3.05, 3.63) is 0 Å². The minimum absolute atomic E-state index is 0.476. The summed E-state index contributed by atoms with van der Waals surface area (Å²) in [5.74, 6) is -2.12. The number of nitrogens with one attached hydrogen (secondary N) is 1. The largest absolute Gasteiger partial charge is 0.479 e. The molecule has 0 radical (unpaired) electrons. The summed E-state index contributed by atoms with van der Waals surface area (Å²) in [5, 5.41) is 20.0. The van der Waals surface area contributed by atoms with E-state index in [2.05, 4.69) is 5.32 Å². The van der Waals surface area contributed by atoms with Gasteiger partial charge in [0.25, 0.3) is 0 Å². The molecule has 3 N–H and O–H groups in total. The number of aliphatic hydroxyl groups excluding tert-OH is 1. The molecule has 0 aliphatic carbocycles. The van der Waals surface area contributed by atoms with Crippen molar-refractivity contribution in [2.24, 2.45) is 0 Å². The Labute approximate surface area is 69.4 Å². The maximum atomic E-state index is 11.1. The van der Waals surface area contributed by atoms with Crippen LogP contribution in [0.2, 0.25) is 0 Å². The lowest BCUT2D eigenvalue weighted by Crippen LogP contribution is -2.42. The Hall–Kier alpha value is -0.940. The van der Waals surface area contributed by atoms with Crippen LogP contribution in [0.15, 0.2) is 0 Å². The molecule has 0 saturated carbocycles. The van der Waals surface area contributed by atoms with Crippen LogP contribution in [0.1, 0.15) is 12.8 Å². The van der Waals surface area contributed by atoms with Crippen LogP contribution >= 0.6 is 0 Å². The molecule has 0 aromatic carbocycles. The number of hydrogen-bond acceptors (Lipinski definition) is 4. The van der Waals surface area contributed by atoms with Gasteiger partial charge in [-0.1, -0.05) is 0 Å². The average molecular weight is 173 g/mol. The van der Waals surface area contributed by atoms with E-state index in [0.717, 1.165) is 6.42 Å². The predicted molar refractivity (Wildman–Crippen MR) is 39.7 cm³/mol. The molecule has 1 rings (SSSR count). The molecule has 1 aliphatic heterocycles. The Morgan fingerprint density at radius 3 is 2.58 bits per heavy atom. The second kappa shape index (κ2) is 3.64. The lowest BCUT2D eigenvalue weighted by atomic mass is 10.1. The Morgan fingerprint density at radius 1 is 1.50 bits per heavy atom. The molecule has 1 aliphatic rings. The zero-order chi connectivity index (χ0) is 9.14. The van der Waals surface area contributed by atoms with Crippen LogP contribution in [0.5, 0.6) is 0 Å². The van der Waals surface area contributed by atoms with Crippen molar-refractivity contribution < 1.29 is 19.8 Å². The Kier molecular flexibility index (Phi) is 2.78. The minimum Gasteiger partial charge on any atom is -0.479 e. The number of carbonyl (C=O) groups is 2. The molecule has 5 heteroatoms. The van der Waals surface area contributed by atoms with Gasteiger partial charge in [0.15, 0.2) is 5.78 Å². The zero-order valence-corrected chi connectivity index (χ0v) is 6.49. The first-order chi connectivity index (χ1) is 5.63. The first-order valence-corrected chi connectivity index (χ1v) is 3.81. The molecule has 68 valence electrons. The molecule has 2 unspecified atom stereocenters. The van der Waals surface area contributed by atoms with Crippen LogP contribution in [0, 0.1) is 0 Å². The standard InChI is InChI=1S/C7H11NO4/c9-5(6(10)7(11)12)4-2-1-3-8-4/h4,6,8,10H,1-3H2,(H,11,12). The number of carbonyl (C=O) groups excluding carboxylic acids is 1. The van der Waals surface area contributed by atoms with Crippen molar-refractivity contribution in [3.63, 3.8) is 0 Å². The third kappa shape index (κ3) is 1.80. The van der Waals surface area contributed by atoms with E-state index in [9.17, 15) is 9.59 Å². The van der Waals surface area contributed by atoms with E-state index >= 15 is 0 Å². The Bertz CT molecular complexity index is 198. The van der Waals surface area contributed by atoms with E-state index in [4.69, 9.17) is 10.2 Å². The second-order valence-electron chi connectivity index (χ2n) is 2.79. The molecule has 0 aromatic heterocycles. The average Bonchev–Trinajstić information content (AvgIpc) is 2.53. The Morgan fingerprint density at radius 2 is 2.17 bits per heavy atom. The van der Waals surface area contributed by atoms with E-state index < -0.39 is 23.9 Å². The van der Waals surface area contributed by atoms with Gasteiger partial charge in [0, 0.05) is 0 Å². The molecule has 0 bridgehead atoms. The van der Waals surface area contributed by atoms with Crippen molar-refractivity contribution in [1.29, 1.82) is 0 Å². The van der Waals surface area contributed by atoms with Crippen LogP contribution in [-0.4, -0.2) is 40.7 Å². The molecule has 12 heavy (non-hydrogen) atoms. The van der Waals surface area contributed by atoms with Gasteiger partial charge in [0.05, 0.1) is 6.04 Å². The van der Waals surface area contributed by atoms with Gasteiger partial charge in [-0.05, 0) is 19.4 Å². The van der Waals surface area contributed by atoms with E-state index in [1.165, 1.54) is 0 Å². The van der Waals surface area contributed by atoms with Crippen molar-refractivity contribution in [1.82, 2.24) is 5.32 Å². The monoisotopic (exact) mass is 173 g/mol. The number of rotatable bonds is 3. The fourth-order valence-electron chi connectivity index (χ4n) is 1.24. The van der Waals surface area contributed by atoms with E-state index in [0.29, 0.717) is 13.0 Å². The van der Waals surface area contributed by atoms with Crippen molar-refractivity contribution in [2.45, 2.75) is 25.0 Å². The van der Waals surface area contributed by atoms with Crippen LogP contribution in [0.25, 0.3) is 0 Å². The number of aliphatic carboxylic acids is 1. The summed E-state index contributed by atoms with van der Waals surface area (Å²) in [6.07, 6.45) is -0.410. The van der Waals surface area contributed by atoms with Crippen LogP contribution in [0.4, 0.5) is 0 Å². The molecular weight excluding hydrogens is 162 g/mol.